The Bertz CT molecular complexity index is 529. The fourth-order valence-electron chi connectivity index (χ4n) is 1.43. The van der Waals surface area contributed by atoms with Crippen LogP contribution in [-0.4, -0.2) is 44.6 Å². The third-order valence-electron chi connectivity index (χ3n) is 2.80. The number of aliphatic hydroxyl groups excluding tert-OH is 1. The Labute approximate surface area is 114 Å². The monoisotopic (exact) mass is 287 g/mol. The van der Waals surface area contributed by atoms with Crippen LogP contribution in [0.1, 0.15) is 13.3 Å². The highest BCUT2D eigenvalue weighted by Crippen LogP contribution is 2.24. The predicted octanol–water partition coefficient (Wildman–Crippen LogP) is 0.702. The van der Waals surface area contributed by atoms with Crippen LogP contribution in [0.15, 0.2) is 23.1 Å². The largest absolute Gasteiger partial charge is 0.397 e. The molecule has 0 aromatic heterocycles. The highest BCUT2D eigenvalue weighted by atomic mass is 32.2. The molecule has 0 saturated carbocycles. The van der Waals surface area contributed by atoms with E-state index in [1.807, 2.05) is 6.92 Å². The van der Waals surface area contributed by atoms with Gasteiger partial charge in [0.25, 0.3) is 0 Å². The second kappa shape index (κ2) is 6.23. The molecule has 0 aliphatic carbocycles. The van der Waals surface area contributed by atoms with Gasteiger partial charge in [-0.3, -0.25) is 0 Å². The topological polar surface area (TPSA) is 95.7 Å². The number of benzene rings is 1. The van der Waals surface area contributed by atoms with Crippen molar-refractivity contribution in [1.82, 2.24) is 4.31 Å². The maximum absolute atomic E-state index is 12.0. The molecule has 0 spiro atoms. The van der Waals surface area contributed by atoms with E-state index in [4.69, 9.17) is 5.73 Å². The first-order chi connectivity index (χ1) is 8.78. The lowest BCUT2D eigenvalue weighted by Crippen LogP contribution is -2.23. The molecule has 0 aliphatic rings. The molecule has 19 heavy (non-hydrogen) atoms. The molecule has 1 unspecified atom stereocenters. The van der Waals surface area contributed by atoms with Crippen molar-refractivity contribution in [1.29, 1.82) is 0 Å². The summed E-state index contributed by atoms with van der Waals surface area (Å²) in [5.41, 5.74) is 6.74. The number of aliphatic hydroxyl groups is 1. The molecule has 0 saturated heterocycles. The minimum atomic E-state index is -3.49. The Balaban J connectivity index is 3.01. The van der Waals surface area contributed by atoms with Crippen LogP contribution in [0.5, 0.6) is 0 Å². The predicted molar refractivity (Wildman–Crippen MR) is 76.5 cm³/mol. The third kappa shape index (κ3) is 3.82. The van der Waals surface area contributed by atoms with Gasteiger partial charge in [-0.1, -0.05) is 6.92 Å². The molecule has 0 fully saturated rings. The van der Waals surface area contributed by atoms with Crippen molar-refractivity contribution in [2.24, 2.45) is 0 Å². The van der Waals surface area contributed by atoms with E-state index in [-0.39, 0.29) is 4.90 Å². The average molecular weight is 287 g/mol. The molecule has 0 aliphatic heterocycles. The van der Waals surface area contributed by atoms with Gasteiger partial charge in [-0.05, 0) is 24.6 Å². The zero-order chi connectivity index (χ0) is 14.6. The van der Waals surface area contributed by atoms with E-state index < -0.39 is 16.1 Å². The van der Waals surface area contributed by atoms with Gasteiger partial charge in [0.2, 0.25) is 10.0 Å². The zero-order valence-corrected chi connectivity index (χ0v) is 12.2. The highest BCUT2D eigenvalue weighted by molar-refractivity contribution is 7.89. The van der Waals surface area contributed by atoms with Crippen molar-refractivity contribution in [3.8, 4) is 0 Å². The fourth-order valence-corrected chi connectivity index (χ4v) is 2.36. The molecule has 7 heteroatoms. The quantitative estimate of drug-likeness (QED) is 0.669. The first-order valence-corrected chi connectivity index (χ1v) is 7.47. The average Bonchev–Trinajstić information content (AvgIpc) is 2.36. The molecular formula is C12H21N3O3S. The van der Waals surface area contributed by atoms with Gasteiger partial charge in [-0.15, -0.1) is 0 Å². The van der Waals surface area contributed by atoms with Crippen LogP contribution in [0.4, 0.5) is 11.4 Å². The summed E-state index contributed by atoms with van der Waals surface area (Å²) in [6.07, 6.45) is 0.122. The van der Waals surface area contributed by atoms with E-state index in [2.05, 4.69) is 5.32 Å². The second-order valence-electron chi connectivity index (χ2n) is 4.48. The molecule has 1 aromatic rings. The Morgan fingerprint density at radius 1 is 1.42 bits per heavy atom. The van der Waals surface area contributed by atoms with E-state index in [0.717, 1.165) is 4.31 Å². The number of nitrogens with zero attached hydrogens (tertiary/aromatic N) is 1. The fraction of sp³-hybridized carbons (Fsp3) is 0.500. The summed E-state index contributed by atoms with van der Waals surface area (Å²) < 4.78 is 25.1. The molecule has 0 radical (unpaired) electrons. The number of hydrogen-bond acceptors (Lipinski definition) is 5. The number of nitrogen functional groups attached to an aromatic ring is 1. The Morgan fingerprint density at radius 2 is 2.05 bits per heavy atom. The smallest absolute Gasteiger partial charge is 0.242 e. The standard InChI is InChI=1S/C12H21N3O3S/c1-4-9(16)8-14-12-7-10(5-6-11(12)13)19(17,18)15(2)3/h5-7,9,14,16H,4,8,13H2,1-3H3. The van der Waals surface area contributed by atoms with E-state index in [1.54, 1.807) is 0 Å². The van der Waals surface area contributed by atoms with Crippen LogP contribution in [0.25, 0.3) is 0 Å². The number of nitrogens with two attached hydrogens (primary N) is 1. The molecule has 108 valence electrons. The molecule has 0 bridgehead atoms. The molecule has 1 rings (SSSR count). The van der Waals surface area contributed by atoms with Crippen LogP contribution in [0.2, 0.25) is 0 Å². The maximum Gasteiger partial charge on any atom is 0.242 e. The van der Waals surface area contributed by atoms with Crippen LogP contribution >= 0.6 is 0 Å². The van der Waals surface area contributed by atoms with Gasteiger partial charge in [0.15, 0.2) is 0 Å². The summed E-state index contributed by atoms with van der Waals surface area (Å²) in [6.45, 7) is 2.19. The second-order valence-corrected chi connectivity index (χ2v) is 6.63. The number of rotatable bonds is 6. The molecule has 0 amide bonds. The molecular weight excluding hydrogens is 266 g/mol. The lowest BCUT2D eigenvalue weighted by molar-refractivity contribution is 0.183. The summed E-state index contributed by atoms with van der Waals surface area (Å²) in [5, 5.41) is 12.5. The van der Waals surface area contributed by atoms with E-state index >= 15 is 0 Å². The van der Waals surface area contributed by atoms with Crippen molar-refractivity contribution < 1.29 is 13.5 Å². The summed E-state index contributed by atoms with van der Waals surface area (Å²) in [6, 6.07) is 4.48. The molecule has 1 aromatic carbocycles. The molecule has 1 atom stereocenters. The van der Waals surface area contributed by atoms with Crippen molar-refractivity contribution in [3.05, 3.63) is 18.2 Å². The van der Waals surface area contributed by atoms with E-state index in [1.165, 1.54) is 32.3 Å². The Morgan fingerprint density at radius 3 is 2.58 bits per heavy atom. The minimum Gasteiger partial charge on any atom is -0.397 e. The summed E-state index contributed by atoms with van der Waals surface area (Å²) in [4.78, 5) is 0.167. The van der Waals surface area contributed by atoms with Crippen LogP contribution < -0.4 is 11.1 Å². The first-order valence-electron chi connectivity index (χ1n) is 6.03. The van der Waals surface area contributed by atoms with Crippen LogP contribution in [0.3, 0.4) is 0 Å². The molecule has 4 N–H and O–H groups in total. The van der Waals surface area contributed by atoms with Gasteiger partial charge < -0.3 is 16.2 Å². The Hall–Kier alpha value is -1.31. The SMILES string of the molecule is CCC(O)CNc1cc(S(=O)(=O)N(C)C)ccc1N. The van der Waals surface area contributed by atoms with Crippen LogP contribution in [-0.2, 0) is 10.0 Å². The van der Waals surface area contributed by atoms with Gasteiger partial charge in [-0.25, -0.2) is 12.7 Å². The number of sulfonamides is 1. The third-order valence-corrected chi connectivity index (χ3v) is 4.61. The van der Waals surface area contributed by atoms with Gasteiger partial charge >= 0.3 is 0 Å². The van der Waals surface area contributed by atoms with E-state index in [0.29, 0.717) is 24.3 Å². The van der Waals surface area contributed by atoms with Crippen molar-refractivity contribution in [3.63, 3.8) is 0 Å². The number of nitrogens with one attached hydrogen (secondary N) is 1. The van der Waals surface area contributed by atoms with Gasteiger partial charge in [0.05, 0.1) is 22.4 Å². The number of hydrogen-bond donors (Lipinski definition) is 3. The lowest BCUT2D eigenvalue weighted by Gasteiger charge is -2.16. The zero-order valence-electron chi connectivity index (χ0n) is 11.4. The van der Waals surface area contributed by atoms with Gasteiger partial charge in [-0.2, -0.15) is 0 Å². The lowest BCUT2D eigenvalue weighted by atomic mass is 10.2. The summed E-state index contributed by atoms with van der Waals surface area (Å²) >= 11 is 0. The maximum atomic E-state index is 12.0. The summed E-state index contributed by atoms with van der Waals surface area (Å²) in [5.74, 6) is 0. The van der Waals surface area contributed by atoms with Gasteiger partial charge in [0.1, 0.15) is 0 Å². The first kappa shape index (κ1) is 15.7. The highest BCUT2D eigenvalue weighted by Gasteiger charge is 2.18. The minimum absolute atomic E-state index is 0.167. The van der Waals surface area contributed by atoms with Crippen molar-refractivity contribution in [2.45, 2.75) is 24.3 Å². The van der Waals surface area contributed by atoms with Crippen LogP contribution in [0, 0.1) is 0 Å². The van der Waals surface area contributed by atoms with Crippen molar-refractivity contribution in [2.75, 3.05) is 31.7 Å². The molecule has 6 nitrogen and oxygen atoms in total. The van der Waals surface area contributed by atoms with Crippen molar-refractivity contribution >= 4 is 21.4 Å². The molecule has 0 heterocycles. The summed E-state index contributed by atoms with van der Waals surface area (Å²) in [7, 11) is -0.541. The van der Waals surface area contributed by atoms with Gasteiger partial charge in [0, 0.05) is 20.6 Å². The Kier molecular flexibility index (Phi) is 5.16. The van der Waals surface area contributed by atoms with E-state index in [9.17, 15) is 13.5 Å². The normalized spacial score (nSPS) is 13.5. The number of anilines is 2.